The summed E-state index contributed by atoms with van der Waals surface area (Å²) in [4.78, 5) is 19.0. The molecule has 2 aromatic heterocycles. The van der Waals surface area contributed by atoms with Crippen LogP contribution >= 0.6 is 23.1 Å². The molecule has 5 nitrogen and oxygen atoms in total. The Morgan fingerprint density at radius 3 is 3.00 bits per heavy atom. The molecule has 2 heterocycles. The summed E-state index contributed by atoms with van der Waals surface area (Å²) in [6.07, 6.45) is 1.55. The molecule has 106 valence electrons. The quantitative estimate of drug-likeness (QED) is 0.308. The van der Waals surface area contributed by atoms with E-state index in [1.807, 2.05) is 24.4 Å². The van der Waals surface area contributed by atoms with E-state index < -0.39 is 0 Å². The van der Waals surface area contributed by atoms with E-state index in [-0.39, 0.29) is 15.9 Å². The van der Waals surface area contributed by atoms with Crippen LogP contribution in [0.25, 0.3) is 10.2 Å². The third-order valence-electron chi connectivity index (χ3n) is 3.05. The second kappa shape index (κ2) is 5.79. The fourth-order valence-electron chi connectivity index (χ4n) is 1.98. The Morgan fingerprint density at radius 2 is 2.19 bits per heavy atom. The number of non-ortho nitro benzene ring substituents is 1. The first-order valence-corrected chi connectivity index (χ1v) is 8.00. The molecule has 0 saturated carbocycles. The zero-order valence-corrected chi connectivity index (χ0v) is 12.7. The highest BCUT2D eigenvalue weighted by molar-refractivity contribution is 7.99. The SMILES string of the molecule is CC(Sc1ncnc2ccsc12)c1cccc([N+](=O)[O-])c1. The summed E-state index contributed by atoms with van der Waals surface area (Å²) in [5, 5.41) is 13.8. The fourth-order valence-corrected chi connectivity index (χ4v) is 3.93. The van der Waals surface area contributed by atoms with Crippen LogP contribution < -0.4 is 0 Å². The number of nitro groups is 1. The molecular formula is C14H11N3O2S2. The minimum atomic E-state index is -0.372. The van der Waals surface area contributed by atoms with Gasteiger partial charge in [-0.1, -0.05) is 23.9 Å². The van der Waals surface area contributed by atoms with Crippen molar-refractivity contribution < 1.29 is 4.92 Å². The van der Waals surface area contributed by atoms with Gasteiger partial charge in [-0.3, -0.25) is 10.1 Å². The molecule has 0 spiro atoms. The number of benzene rings is 1. The average Bonchev–Trinajstić information content (AvgIpc) is 2.97. The van der Waals surface area contributed by atoms with Gasteiger partial charge in [-0.25, -0.2) is 9.97 Å². The Hall–Kier alpha value is -1.99. The molecule has 1 aromatic carbocycles. The van der Waals surface area contributed by atoms with Gasteiger partial charge in [0.15, 0.2) is 0 Å². The highest BCUT2D eigenvalue weighted by atomic mass is 32.2. The standard InChI is InChI=1S/C14H11N3O2S2/c1-9(10-3-2-4-11(7-10)17(18)19)21-14-13-12(5-6-20-13)15-8-16-14/h2-9H,1H3. The van der Waals surface area contributed by atoms with Crippen molar-refractivity contribution in [2.45, 2.75) is 17.2 Å². The van der Waals surface area contributed by atoms with Crippen LogP contribution in [0, 0.1) is 10.1 Å². The van der Waals surface area contributed by atoms with Crippen LogP contribution in [0.3, 0.4) is 0 Å². The van der Waals surface area contributed by atoms with Crippen molar-refractivity contribution in [1.29, 1.82) is 0 Å². The summed E-state index contributed by atoms with van der Waals surface area (Å²) in [5.41, 5.74) is 1.96. The topological polar surface area (TPSA) is 68.9 Å². The van der Waals surface area contributed by atoms with Crippen molar-refractivity contribution in [3.63, 3.8) is 0 Å². The van der Waals surface area contributed by atoms with E-state index in [0.717, 1.165) is 20.8 Å². The highest BCUT2D eigenvalue weighted by Gasteiger charge is 2.15. The molecular weight excluding hydrogens is 306 g/mol. The van der Waals surface area contributed by atoms with Gasteiger partial charge in [-0.2, -0.15) is 0 Å². The van der Waals surface area contributed by atoms with E-state index in [0.29, 0.717) is 0 Å². The molecule has 0 amide bonds. The van der Waals surface area contributed by atoms with E-state index in [1.165, 1.54) is 6.07 Å². The fraction of sp³-hybridized carbons (Fsp3) is 0.143. The van der Waals surface area contributed by atoms with Crippen LogP contribution in [0.4, 0.5) is 5.69 Å². The smallest absolute Gasteiger partial charge is 0.258 e. The van der Waals surface area contributed by atoms with Crippen molar-refractivity contribution in [1.82, 2.24) is 9.97 Å². The molecule has 1 atom stereocenters. The largest absolute Gasteiger partial charge is 0.269 e. The van der Waals surface area contributed by atoms with Crippen LogP contribution in [0.1, 0.15) is 17.7 Å². The number of thiophene rings is 1. The van der Waals surface area contributed by atoms with E-state index in [9.17, 15) is 10.1 Å². The monoisotopic (exact) mass is 317 g/mol. The lowest BCUT2D eigenvalue weighted by Crippen LogP contribution is -1.93. The predicted molar refractivity (Wildman–Crippen MR) is 84.8 cm³/mol. The van der Waals surface area contributed by atoms with Crippen molar-refractivity contribution >= 4 is 39.0 Å². The third-order valence-corrected chi connectivity index (χ3v) is 5.25. The Bertz CT molecular complexity index is 804. The van der Waals surface area contributed by atoms with Crippen LogP contribution in [0.2, 0.25) is 0 Å². The molecule has 0 aliphatic rings. The molecule has 1 unspecified atom stereocenters. The van der Waals surface area contributed by atoms with Crippen molar-refractivity contribution in [3.8, 4) is 0 Å². The van der Waals surface area contributed by atoms with Crippen LogP contribution in [-0.2, 0) is 0 Å². The number of nitrogens with zero attached hydrogens (tertiary/aromatic N) is 3. The number of nitro benzene ring substituents is 1. The molecule has 0 saturated heterocycles. The summed E-state index contributed by atoms with van der Waals surface area (Å²) < 4.78 is 1.06. The normalized spacial score (nSPS) is 12.4. The van der Waals surface area contributed by atoms with Crippen LogP contribution in [0.15, 0.2) is 47.1 Å². The molecule has 0 aliphatic heterocycles. The van der Waals surface area contributed by atoms with Gasteiger partial charge >= 0.3 is 0 Å². The maximum Gasteiger partial charge on any atom is 0.269 e. The summed E-state index contributed by atoms with van der Waals surface area (Å²) in [6.45, 7) is 2.02. The molecule has 7 heteroatoms. The van der Waals surface area contributed by atoms with Gasteiger partial charge < -0.3 is 0 Å². The second-order valence-corrected chi connectivity index (χ2v) is 6.67. The number of thioether (sulfide) groups is 1. The number of fused-ring (bicyclic) bond motifs is 1. The lowest BCUT2D eigenvalue weighted by atomic mass is 10.1. The first kappa shape index (κ1) is 14.0. The predicted octanol–water partition coefficient (Wildman–Crippen LogP) is 4.45. The van der Waals surface area contributed by atoms with E-state index in [2.05, 4.69) is 9.97 Å². The van der Waals surface area contributed by atoms with Crippen molar-refractivity contribution in [2.75, 3.05) is 0 Å². The van der Waals surface area contributed by atoms with Crippen molar-refractivity contribution in [2.24, 2.45) is 0 Å². The van der Waals surface area contributed by atoms with Gasteiger partial charge in [0.05, 0.1) is 15.1 Å². The first-order chi connectivity index (χ1) is 10.1. The van der Waals surface area contributed by atoms with E-state index in [4.69, 9.17) is 0 Å². The molecule has 3 aromatic rings. The lowest BCUT2D eigenvalue weighted by molar-refractivity contribution is -0.384. The summed E-state index contributed by atoms with van der Waals surface area (Å²) in [5.74, 6) is 0. The Kier molecular flexibility index (Phi) is 3.85. The third kappa shape index (κ3) is 2.88. The highest BCUT2D eigenvalue weighted by Crippen LogP contribution is 2.38. The van der Waals surface area contributed by atoms with Crippen LogP contribution in [0.5, 0.6) is 0 Å². The molecule has 0 radical (unpaired) electrons. The van der Waals surface area contributed by atoms with E-state index >= 15 is 0 Å². The number of rotatable bonds is 4. The lowest BCUT2D eigenvalue weighted by Gasteiger charge is -2.11. The molecule has 0 aliphatic carbocycles. The average molecular weight is 317 g/mol. The Labute approximate surface area is 129 Å². The Balaban J connectivity index is 1.89. The maximum absolute atomic E-state index is 10.9. The molecule has 3 rings (SSSR count). The molecule has 0 N–H and O–H groups in total. The summed E-state index contributed by atoms with van der Waals surface area (Å²) in [6, 6.07) is 8.69. The van der Waals surface area contributed by atoms with Crippen molar-refractivity contribution in [3.05, 3.63) is 57.7 Å². The Morgan fingerprint density at radius 1 is 1.33 bits per heavy atom. The summed E-state index contributed by atoms with van der Waals surface area (Å²) >= 11 is 3.19. The van der Waals surface area contributed by atoms with Gasteiger partial charge in [0.2, 0.25) is 0 Å². The number of aromatic nitrogens is 2. The minimum Gasteiger partial charge on any atom is -0.258 e. The van der Waals surface area contributed by atoms with Gasteiger partial charge in [0.1, 0.15) is 11.4 Å². The second-order valence-electron chi connectivity index (χ2n) is 4.43. The van der Waals surface area contributed by atoms with Gasteiger partial charge in [-0.05, 0) is 23.9 Å². The zero-order chi connectivity index (χ0) is 14.8. The first-order valence-electron chi connectivity index (χ1n) is 6.24. The minimum absolute atomic E-state index is 0.0742. The van der Waals surface area contributed by atoms with Crippen LogP contribution in [-0.4, -0.2) is 14.9 Å². The van der Waals surface area contributed by atoms with Gasteiger partial charge in [0, 0.05) is 17.4 Å². The van der Waals surface area contributed by atoms with Gasteiger partial charge in [-0.15, -0.1) is 11.3 Å². The molecule has 0 fully saturated rings. The van der Waals surface area contributed by atoms with Gasteiger partial charge in [0.25, 0.3) is 5.69 Å². The number of hydrogen-bond donors (Lipinski definition) is 0. The summed E-state index contributed by atoms with van der Waals surface area (Å²) in [7, 11) is 0. The zero-order valence-electron chi connectivity index (χ0n) is 11.1. The number of hydrogen-bond acceptors (Lipinski definition) is 6. The van der Waals surface area contributed by atoms with E-state index in [1.54, 1.807) is 41.6 Å². The maximum atomic E-state index is 10.9. The molecule has 0 bridgehead atoms. The molecule has 21 heavy (non-hydrogen) atoms.